The number of aromatic amines is 1. The van der Waals surface area contributed by atoms with E-state index in [1.165, 1.54) is 23.0 Å². The maximum Gasteiger partial charge on any atom is 0.274 e. The molecule has 126 valence electrons. The Hall–Kier alpha value is -2.41. The summed E-state index contributed by atoms with van der Waals surface area (Å²) in [7, 11) is 0. The molecule has 3 rings (SSSR count). The molecule has 3 aromatic heterocycles. The molecule has 0 spiro atoms. The summed E-state index contributed by atoms with van der Waals surface area (Å²) in [5.74, 6) is 0.303. The number of nitrogen functional groups attached to an aromatic ring is 1. The van der Waals surface area contributed by atoms with Crippen molar-refractivity contribution < 1.29 is 4.39 Å². The Morgan fingerprint density at radius 2 is 2.21 bits per heavy atom. The third kappa shape index (κ3) is 3.12. The van der Waals surface area contributed by atoms with Gasteiger partial charge in [-0.3, -0.25) is 9.78 Å². The van der Waals surface area contributed by atoms with Gasteiger partial charge in [-0.2, -0.15) is 0 Å². The zero-order valence-corrected chi connectivity index (χ0v) is 14.1. The molecule has 3 aromatic rings. The van der Waals surface area contributed by atoms with Crippen molar-refractivity contribution in [1.29, 1.82) is 0 Å². The van der Waals surface area contributed by atoms with E-state index in [1.54, 1.807) is 0 Å². The van der Waals surface area contributed by atoms with E-state index in [-0.39, 0.29) is 23.3 Å². The van der Waals surface area contributed by atoms with E-state index in [0.717, 1.165) is 5.69 Å². The first-order chi connectivity index (χ1) is 11.3. The lowest BCUT2D eigenvalue weighted by Crippen LogP contribution is -2.23. The minimum absolute atomic E-state index is 0.0481. The van der Waals surface area contributed by atoms with E-state index < -0.39 is 5.82 Å². The molecule has 0 aromatic carbocycles. The van der Waals surface area contributed by atoms with Gasteiger partial charge in [0.05, 0.1) is 34.7 Å². The SMILES string of the molecule is CC(C)Cc1ncc(F)c2nc(Cn3cc(Cl)cc(N)c3=O)[nH]c12. The summed E-state index contributed by atoms with van der Waals surface area (Å²) in [6, 6.07) is 1.39. The van der Waals surface area contributed by atoms with E-state index in [4.69, 9.17) is 17.3 Å². The molecule has 0 atom stereocenters. The van der Waals surface area contributed by atoms with Gasteiger partial charge in [-0.1, -0.05) is 25.4 Å². The number of H-pyrrole nitrogens is 1. The van der Waals surface area contributed by atoms with Gasteiger partial charge in [-0.15, -0.1) is 0 Å². The van der Waals surface area contributed by atoms with Gasteiger partial charge in [0.25, 0.3) is 5.56 Å². The minimum atomic E-state index is -0.502. The van der Waals surface area contributed by atoms with E-state index in [0.29, 0.717) is 28.7 Å². The second-order valence-corrected chi connectivity index (χ2v) is 6.54. The Kier molecular flexibility index (Phi) is 4.28. The fourth-order valence-electron chi connectivity index (χ4n) is 2.58. The summed E-state index contributed by atoms with van der Waals surface area (Å²) in [4.78, 5) is 23.6. The first-order valence-electron chi connectivity index (χ1n) is 7.52. The van der Waals surface area contributed by atoms with Crippen LogP contribution in [-0.2, 0) is 13.0 Å². The third-order valence-electron chi connectivity index (χ3n) is 3.60. The summed E-state index contributed by atoms with van der Waals surface area (Å²) in [5.41, 5.74) is 6.84. The highest BCUT2D eigenvalue weighted by Gasteiger charge is 2.15. The number of rotatable bonds is 4. The van der Waals surface area contributed by atoms with Crippen molar-refractivity contribution in [2.75, 3.05) is 5.73 Å². The molecule has 0 radical (unpaired) electrons. The standard InChI is InChI=1S/C16H17ClFN5O/c1-8(2)3-12-15-14(10(18)5-20-12)21-13(22-15)7-23-6-9(17)4-11(19)16(23)24/h4-6,8H,3,7,19H2,1-2H3,(H,21,22). The lowest BCUT2D eigenvalue weighted by atomic mass is 10.1. The summed E-state index contributed by atoms with van der Waals surface area (Å²) >= 11 is 5.93. The molecule has 0 fully saturated rings. The van der Waals surface area contributed by atoms with Crippen molar-refractivity contribution >= 4 is 28.3 Å². The Morgan fingerprint density at radius 1 is 1.46 bits per heavy atom. The minimum Gasteiger partial charge on any atom is -0.394 e. The molecule has 0 aliphatic carbocycles. The summed E-state index contributed by atoms with van der Waals surface area (Å²) in [6.45, 7) is 4.23. The van der Waals surface area contributed by atoms with Crippen molar-refractivity contribution in [2.24, 2.45) is 5.92 Å². The van der Waals surface area contributed by atoms with Crippen LogP contribution < -0.4 is 11.3 Å². The summed E-state index contributed by atoms with van der Waals surface area (Å²) in [6.07, 6.45) is 3.34. The van der Waals surface area contributed by atoms with Crippen molar-refractivity contribution in [3.8, 4) is 0 Å². The molecule has 0 aliphatic rings. The molecular weight excluding hydrogens is 333 g/mol. The van der Waals surface area contributed by atoms with Crippen LogP contribution in [0.3, 0.4) is 0 Å². The quantitative estimate of drug-likeness (QED) is 0.757. The number of fused-ring (bicyclic) bond motifs is 1. The normalized spacial score (nSPS) is 11.5. The van der Waals surface area contributed by atoms with E-state index in [9.17, 15) is 9.18 Å². The van der Waals surface area contributed by atoms with Crippen LogP contribution in [0.25, 0.3) is 11.0 Å². The number of nitrogens with one attached hydrogen (secondary N) is 1. The van der Waals surface area contributed by atoms with E-state index in [1.807, 2.05) is 0 Å². The van der Waals surface area contributed by atoms with Gasteiger partial charge in [0.2, 0.25) is 0 Å². The van der Waals surface area contributed by atoms with Crippen molar-refractivity contribution in [3.63, 3.8) is 0 Å². The highest BCUT2D eigenvalue weighted by Crippen LogP contribution is 2.20. The molecule has 3 N–H and O–H groups in total. The number of imidazole rings is 1. The van der Waals surface area contributed by atoms with Gasteiger partial charge >= 0.3 is 0 Å². The number of hydrogen-bond acceptors (Lipinski definition) is 4. The number of nitrogens with zero attached hydrogens (tertiary/aromatic N) is 3. The van der Waals surface area contributed by atoms with Crippen molar-refractivity contribution in [3.05, 3.63) is 51.2 Å². The Balaban J connectivity index is 2.06. The van der Waals surface area contributed by atoms with Gasteiger partial charge in [-0.25, -0.2) is 9.37 Å². The van der Waals surface area contributed by atoms with Crippen molar-refractivity contribution in [2.45, 2.75) is 26.8 Å². The molecule has 6 nitrogen and oxygen atoms in total. The van der Waals surface area contributed by atoms with Gasteiger partial charge < -0.3 is 15.3 Å². The fourth-order valence-corrected chi connectivity index (χ4v) is 2.82. The van der Waals surface area contributed by atoms with Crippen LogP contribution in [0, 0.1) is 11.7 Å². The number of hydrogen-bond donors (Lipinski definition) is 2. The van der Waals surface area contributed by atoms with Crippen LogP contribution in [0.4, 0.5) is 10.1 Å². The second-order valence-electron chi connectivity index (χ2n) is 6.10. The molecule has 0 saturated heterocycles. The van der Waals surface area contributed by atoms with Gasteiger partial charge in [0.1, 0.15) is 11.3 Å². The van der Waals surface area contributed by atoms with Crippen LogP contribution in [0.5, 0.6) is 0 Å². The zero-order chi connectivity index (χ0) is 17.4. The lowest BCUT2D eigenvalue weighted by molar-refractivity contribution is 0.616. The lowest BCUT2D eigenvalue weighted by Gasteiger charge is -2.05. The van der Waals surface area contributed by atoms with Crippen LogP contribution in [0.2, 0.25) is 5.02 Å². The van der Waals surface area contributed by atoms with Gasteiger partial charge in [0.15, 0.2) is 5.82 Å². The summed E-state index contributed by atoms with van der Waals surface area (Å²) in [5, 5.41) is 0.344. The second kappa shape index (κ2) is 6.24. The largest absolute Gasteiger partial charge is 0.394 e. The molecule has 0 amide bonds. The van der Waals surface area contributed by atoms with Crippen LogP contribution in [0.15, 0.2) is 23.3 Å². The van der Waals surface area contributed by atoms with Crippen molar-refractivity contribution in [1.82, 2.24) is 19.5 Å². The van der Waals surface area contributed by atoms with E-state index in [2.05, 4.69) is 28.8 Å². The van der Waals surface area contributed by atoms with Gasteiger partial charge in [0, 0.05) is 6.20 Å². The summed E-state index contributed by atoms with van der Waals surface area (Å²) < 4.78 is 15.3. The van der Waals surface area contributed by atoms with Gasteiger partial charge in [-0.05, 0) is 18.4 Å². The number of nitrogens with two attached hydrogens (primary N) is 1. The Bertz CT molecular complexity index is 963. The number of pyridine rings is 2. The highest BCUT2D eigenvalue weighted by atomic mass is 35.5. The van der Waals surface area contributed by atoms with Crippen LogP contribution in [0.1, 0.15) is 25.4 Å². The first kappa shape index (κ1) is 16.4. The van der Waals surface area contributed by atoms with Crippen LogP contribution in [-0.4, -0.2) is 19.5 Å². The number of anilines is 1. The zero-order valence-electron chi connectivity index (χ0n) is 13.3. The Morgan fingerprint density at radius 3 is 2.92 bits per heavy atom. The predicted molar refractivity (Wildman–Crippen MR) is 91.6 cm³/mol. The number of aromatic nitrogens is 4. The molecule has 8 heteroatoms. The molecular formula is C16H17ClFN5O. The predicted octanol–water partition coefficient (Wildman–Crippen LogP) is 2.74. The molecule has 0 saturated carbocycles. The van der Waals surface area contributed by atoms with Crippen LogP contribution >= 0.6 is 11.6 Å². The molecule has 24 heavy (non-hydrogen) atoms. The average Bonchev–Trinajstić information content (AvgIpc) is 2.92. The molecule has 0 bridgehead atoms. The maximum atomic E-state index is 14.0. The molecule has 3 heterocycles. The topological polar surface area (TPSA) is 89.6 Å². The fraction of sp³-hybridized carbons (Fsp3) is 0.312. The smallest absolute Gasteiger partial charge is 0.274 e. The number of halogens is 2. The molecule has 0 unspecified atom stereocenters. The first-order valence-corrected chi connectivity index (χ1v) is 7.90. The monoisotopic (exact) mass is 349 g/mol. The average molecular weight is 350 g/mol. The highest BCUT2D eigenvalue weighted by molar-refractivity contribution is 6.30. The maximum absolute atomic E-state index is 14.0. The van der Waals surface area contributed by atoms with E-state index >= 15 is 0 Å². The molecule has 0 aliphatic heterocycles. The third-order valence-corrected chi connectivity index (χ3v) is 3.81. The Labute approximate surface area is 142 Å².